The van der Waals surface area contributed by atoms with Gasteiger partial charge in [-0.15, -0.1) is 0 Å². The second kappa shape index (κ2) is 14.2. The SMILES string of the molecule is COc1cc(-n2cc3c(n2)-c2ccnc(c2)C(n2cnc(-c4cc(Cl)ccc4N(N)/C=C(\N)C(F)(F)F)cc2=O)CCCC(C)C(=O)N3)ncn1. The van der Waals surface area contributed by atoms with E-state index in [1.807, 2.05) is 6.92 Å². The lowest BCUT2D eigenvalue weighted by molar-refractivity contribution is -0.119. The minimum Gasteiger partial charge on any atom is -0.481 e. The van der Waals surface area contributed by atoms with Crippen LogP contribution >= 0.6 is 11.6 Å². The molecule has 0 saturated carbocycles. The van der Waals surface area contributed by atoms with Gasteiger partial charge in [-0.25, -0.2) is 25.5 Å². The average Bonchev–Trinajstić information content (AvgIpc) is 3.53. The number of amides is 1. The van der Waals surface area contributed by atoms with E-state index in [0.717, 1.165) is 0 Å². The molecule has 0 fully saturated rings. The molecule has 1 aliphatic heterocycles. The van der Waals surface area contributed by atoms with E-state index >= 15 is 0 Å². The van der Waals surface area contributed by atoms with Crippen molar-refractivity contribution in [2.24, 2.45) is 17.5 Å². The number of nitrogens with two attached hydrogens (primary N) is 2. The van der Waals surface area contributed by atoms with Crippen molar-refractivity contribution in [1.29, 1.82) is 0 Å². The zero-order chi connectivity index (χ0) is 36.4. The fourth-order valence-electron chi connectivity index (χ4n) is 5.60. The number of carbonyl (C=O) groups excluding carboxylic acids is 1. The van der Waals surface area contributed by atoms with Crippen LogP contribution in [-0.4, -0.2) is 53.5 Å². The maximum absolute atomic E-state index is 13.8. The Labute approximate surface area is 293 Å². The lowest BCUT2D eigenvalue weighted by atomic mass is 9.97. The number of methoxy groups -OCH3 is 1. The number of carbonyl (C=O) groups is 1. The fourth-order valence-corrected chi connectivity index (χ4v) is 5.77. The highest BCUT2D eigenvalue weighted by Gasteiger charge is 2.32. The van der Waals surface area contributed by atoms with Gasteiger partial charge in [-0.2, -0.15) is 18.3 Å². The molecule has 2 atom stereocenters. The number of anilines is 2. The van der Waals surface area contributed by atoms with E-state index < -0.39 is 23.5 Å². The minimum atomic E-state index is -4.81. The first-order valence-corrected chi connectivity index (χ1v) is 15.9. The van der Waals surface area contributed by atoms with Crippen molar-refractivity contribution >= 4 is 28.9 Å². The molecule has 5 N–H and O–H groups in total. The van der Waals surface area contributed by atoms with Crippen LogP contribution in [0.5, 0.6) is 5.88 Å². The Hall–Kier alpha value is -5.81. The van der Waals surface area contributed by atoms with E-state index in [9.17, 15) is 22.8 Å². The number of benzene rings is 1. The summed E-state index contributed by atoms with van der Waals surface area (Å²) >= 11 is 6.23. The number of alkyl halides is 3. The summed E-state index contributed by atoms with van der Waals surface area (Å²) in [5.74, 6) is 6.10. The average molecular weight is 722 g/mol. The monoisotopic (exact) mass is 721 g/mol. The van der Waals surface area contributed by atoms with Gasteiger partial charge in [0.2, 0.25) is 11.8 Å². The topological polar surface area (TPSA) is 185 Å². The van der Waals surface area contributed by atoms with Crippen molar-refractivity contribution in [3.63, 3.8) is 0 Å². The summed E-state index contributed by atoms with van der Waals surface area (Å²) in [4.78, 5) is 44.5. The van der Waals surface area contributed by atoms with Gasteiger partial charge in [0.15, 0.2) is 5.82 Å². The molecular formula is C33H31ClF3N11O3. The van der Waals surface area contributed by atoms with Crippen molar-refractivity contribution in [3.8, 4) is 34.2 Å². The van der Waals surface area contributed by atoms with Gasteiger partial charge in [-0.3, -0.25) is 24.1 Å². The van der Waals surface area contributed by atoms with Crippen molar-refractivity contribution in [2.75, 3.05) is 17.4 Å². The molecule has 0 aliphatic carbocycles. The summed E-state index contributed by atoms with van der Waals surface area (Å²) in [5.41, 5.74) is 5.70. The summed E-state index contributed by atoms with van der Waals surface area (Å²) in [6.45, 7) is 1.82. The predicted molar refractivity (Wildman–Crippen MR) is 183 cm³/mol. The van der Waals surface area contributed by atoms with Gasteiger partial charge >= 0.3 is 6.18 Å². The first-order chi connectivity index (χ1) is 24.3. The highest BCUT2D eigenvalue weighted by molar-refractivity contribution is 6.31. The van der Waals surface area contributed by atoms with Gasteiger partial charge in [0.25, 0.3) is 5.56 Å². The molecule has 2 unspecified atom stereocenters. The van der Waals surface area contributed by atoms with Crippen LogP contribution in [0.25, 0.3) is 28.3 Å². The van der Waals surface area contributed by atoms with Crippen molar-refractivity contribution < 1.29 is 22.7 Å². The number of hydrazine groups is 1. The first kappa shape index (κ1) is 35.0. The van der Waals surface area contributed by atoms with E-state index in [2.05, 4.69) is 25.3 Å². The van der Waals surface area contributed by atoms with E-state index in [0.29, 0.717) is 64.8 Å². The number of allylic oxidation sites excluding steroid dienone is 1. The molecule has 51 heavy (non-hydrogen) atoms. The molecule has 1 aromatic carbocycles. The summed E-state index contributed by atoms with van der Waals surface area (Å²) in [7, 11) is 1.48. The Balaban J connectivity index is 1.41. The van der Waals surface area contributed by atoms with Crippen molar-refractivity contribution in [3.05, 3.63) is 100 Å². The Morgan fingerprint density at radius 1 is 1.10 bits per heavy atom. The second-order valence-electron chi connectivity index (χ2n) is 11.7. The van der Waals surface area contributed by atoms with Gasteiger partial charge < -0.3 is 15.8 Å². The van der Waals surface area contributed by atoms with Gasteiger partial charge in [0.05, 0.1) is 48.4 Å². The molecule has 5 heterocycles. The summed E-state index contributed by atoms with van der Waals surface area (Å²) in [5, 5.41) is 8.65. The molecule has 18 heteroatoms. The molecule has 1 amide bonds. The number of nitrogens with one attached hydrogen (secondary N) is 1. The lowest BCUT2D eigenvalue weighted by Crippen LogP contribution is -2.30. The number of rotatable bonds is 6. The number of pyridine rings is 1. The highest BCUT2D eigenvalue weighted by atomic mass is 35.5. The molecule has 0 spiro atoms. The third-order valence-electron chi connectivity index (χ3n) is 8.29. The molecule has 6 rings (SSSR count). The Morgan fingerprint density at radius 3 is 2.65 bits per heavy atom. The zero-order valence-electron chi connectivity index (χ0n) is 27.2. The maximum atomic E-state index is 13.8. The van der Waals surface area contributed by atoms with Crippen LogP contribution in [-0.2, 0) is 4.79 Å². The summed E-state index contributed by atoms with van der Waals surface area (Å²) in [6, 6.07) is 10.0. The molecule has 5 aromatic rings. The largest absolute Gasteiger partial charge is 0.481 e. The number of ether oxygens (including phenoxy) is 1. The quantitative estimate of drug-likeness (QED) is 0.158. The summed E-state index contributed by atoms with van der Waals surface area (Å²) < 4.78 is 47.5. The highest BCUT2D eigenvalue weighted by Crippen LogP contribution is 2.35. The molecule has 1 aliphatic rings. The summed E-state index contributed by atoms with van der Waals surface area (Å²) in [6.07, 6.45) is 3.12. The smallest absolute Gasteiger partial charge is 0.432 e. The predicted octanol–water partition coefficient (Wildman–Crippen LogP) is 5.00. The number of aromatic nitrogens is 7. The van der Waals surface area contributed by atoms with Crippen LogP contribution in [0.4, 0.5) is 24.5 Å². The van der Waals surface area contributed by atoms with Crippen molar-refractivity contribution in [2.45, 2.75) is 38.4 Å². The Morgan fingerprint density at radius 2 is 1.90 bits per heavy atom. The van der Waals surface area contributed by atoms with E-state index in [-0.39, 0.29) is 33.8 Å². The van der Waals surface area contributed by atoms with Gasteiger partial charge in [-0.1, -0.05) is 24.9 Å². The number of fused-ring (bicyclic) bond motifs is 4. The van der Waals surface area contributed by atoms with E-state index in [1.54, 1.807) is 30.6 Å². The van der Waals surface area contributed by atoms with E-state index in [4.69, 9.17) is 33.0 Å². The van der Waals surface area contributed by atoms with Crippen LogP contribution in [0.1, 0.15) is 37.9 Å². The van der Waals surface area contributed by atoms with Gasteiger partial charge in [-0.05, 0) is 43.2 Å². The lowest BCUT2D eigenvalue weighted by Gasteiger charge is -2.22. The standard InChI is InChI=1S/C33H31ClF3N11O3/c1-18-4-3-5-26(46-17-43-22(12-30(46)49)21-11-20(34)6-7-25(21)47(39)15-27(38)33(35,36)37)23-10-19(8-9-40-23)31-24(44-32(18)50)14-48(45-31)28-13-29(51-2)42-16-41-28/h6-18,26H,3-5,38-39H2,1-2H3,(H,44,50)/b27-15-. The molecule has 264 valence electrons. The fraction of sp³-hybridized carbons (Fsp3) is 0.242. The third-order valence-corrected chi connectivity index (χ3v) is 8.53. The molecule has 2 bridgehead atoms. The Kier molecular flexibility index (Phi) is 9.75. The first-order valence-electron chi connectivity index (χ1n) is 15.5. The number of hydrogen-bond acceptors (Lipinski definition) is 11. The third kappa shape index (κ3) is 7.53. The molecule has 0 saturated heterocycles. The van der Waals surface area contributed by atoms with Crippen LogP contribution in [0.3, 0.4) is 0 Å². The van der Waals surface area contributed by atoms with Crippen LogP contribution < -0.4 is 32.2 Å². The van der Waals surface area contributed by atoms with Crippen LogP contribution in [0.2, 0.25) is 5.02 Å². The van der Waals surface area contributed by atoms with Gasteiger partial charge in [0.1, 0.15) is 17.7 Å². The number of nitrogens with zero attached hydrogens (tertiary/aromatic N) is 8. The normalized spacial score (nSPS) is 16.8. The minimum absolute atomic E-state index is 0.0690. The van der Waals surface area contributed by atoms with Gasteiger partial charge in [0, 0.05) is 46.6 Å². The van der Waals surface area contributed by atoms with Crippen LogP contribution in [0.15, 0.2) is 84.2 Å². The maximum Gasteiger partial charge on any atom is 0.432 e. The molecular weight excluding hydrogens is 691 g/mol. The van der Waals surface area contributed by atoms with E-state index in [1.165, 1.54) is 53.3 Å². The zero-order valence-corrected chi connectivity index (χ0v) is 27.9. The van der Waals surface area contributed by atoms with Crippen molar-refractivity contribution in [1.82, 2.24) is 34.3 Å². The molecule has 4 aromatic heterocycles. The number of hydrogen-bond donors (Lipinski definition) is 3. The molecule has 0 radical (unpaired) electrons. The number of halogens is 4. The molecule has 14 nitrogen and oxygen atoms in total. The second-order valence-corrected chi connectivity index (χ2v) is 12.2. The Bertz CT molecular complexity index is 2190. The van der Waals surface area contributed by atoms with Crippen LogP contribution in [0, 0.1) is 5.92 Å².